The molecule has 1 N–H and O–H groups in total. The van der Waals surface area contributed by atoms with Crippen LogP contribution in [0.2, 0.25) is 0 Å². The Labute approximate surface area is 188 Å². The number of aromatic nitrogens is 2. The van der Waals surface area contributed by atoms with Crippen LogP contribution in [0.3, 0.4) is 0 Å². The topological polar surface area (TPSA) is 85.8 Å². The number of cyclic esters (lactones) is 1. The van der Waals surface area contributed by atoms with Crippen molar-refractivity contribution in [2.75, 3.05) is 38.7 Å². The van der Waals surface area contributed by atoms with E-state index in [4.69, 9.17) is 14.2 Å². The van der Waals surface area contributed by atoms with Gasteiger partial charge in [-0.05, 0) is 31.2 Å². The van der Waals surface area contributed by atoms with Crippen LogP contribution in [0.25, 0.3) is 10.9 Å². The van der Waals surface area contributed by atoms with E-state index >= 15 is 0 Å². The minimum Gasteiger partial charge on any atom is -0.493 e. The number of benzene rings is 2. The number of morpholine rings is 1. The third kappa shape index (κ3) is 5.23. The van der Waals surface area contributed by atoms with Crippen LogP contribution in [0.15, 0.2) is 47.2 Å². The van der Waals surface area contributed by atoms with Crippen molar-refractivity contribution in [2.45, 2.75) is 13.0 Å². The second-order valence-corrected chi connectivity index (χ2v) is 8.18. The summed E-state index contributed by atoms with van der Waals surface area (Å²) in [5.74, 6) is 1.64. The van der Waals surface area contributed by atoms with Crippen LogP contribution >= 0.6 is 15.9 Å². The number of esters is 1. The Balaban J connectivity index is 1.54. The molecule has 4 rings (SSSR count). The van der Waals surface area contributed by atoms with Gasteiger partial charge in [-0.3, -0.25) is 9.69 Å². The zero-order valence-electron chi connectivity index (χ0n) is 17.3. The summed E-state index contributed by atoms with van der Waals surface area (Å²) in [5.41, 5.74) is 1.64. The lowest BCUT2D eigenvalue weighted by molar-refractivity contribution is -0.157. The van der Waals surface area contributed by atoms with Crippen LogP contribution < -0.4 is 14.8 Å². The molecule has 1 aliphatic heterocycles. The summed E-state index contributed by atoms with van der Waals surface area (Å²) in [5, 5.41) is 4.15. The van der Waals surface area contributed by atoms with Gasteiger partial charge < -0.3 is 19.5 Å². The van der Waals surface area contributed by atoms with Crippen molar-refractivity contribution in [1.29, 1.82) is 0 Å². The highest BCUT2D eigenvalue weighted by atomic mass is 79.9. The number of anilines is 2. The summed E-state index contributed by atoms with van der Waals surface area (Å²) in [6, 6.07) is 11.6. The molecule has 0 saturated carbocycles. The predicted octanol–water partition coefficient (Wildman–Crippen LogP) is 3.77. The van der Waals surface area contributed by atoms with Gasteiger partial charge in [-0.15, -0.1) is 0 Å². The summed E-state index contributed by atoms with van der Waals surface area (Å²) in [4.78, 5) is 22.4. The fraction of sp³-hybridized carbons (Fsp3) is 0.318. The quantitative estimate of drug-likeness (QED) is 0.505. The van der Waals surface area contributed by atoms with E-state index in [9.17, 15) is 4.79 Å². The molecule has 0 unspecified atom stereocenters. The number of carbonyl (C=O) groups excluding carboxylic acids is 1. The lowest BCUT2D eigenvalue weighted by Crippen LogP contribution is -2.45. The molecule has 8 nitrogen and oxygen atoms in total. The van der Waals surface area contributed by atoms with Crippen LogP contribution in [0, 0.1) is 0 Å². The zero-order valence-corrected chi connectivity index (χ0v) is 18.9. The molecule has 1 saturated heterocycles. The Kier molecular flexibility index (Phi) is 6.53. The minimum absolute atomic E-state index is 0.111. The van der Waals surface area contributed by atoms with Gasteiger partial charge in [0.2, 0.25) is 0 Å². The van der Waals surface area contributed by atoms with E-state index in [0.29, 0.717) is 37.0 Å². The number of fused-ring (bicyclic) bond motifs is 1. The first-order valence-electron chi connectivity index (χ1n) is 9.92. The van der Waals surface area contributed by atoms with Crippen LogP contribution in [0.4, 0.5) is 11.5 Å². The molecule has 0 amide bonds. The van der Waals surface area contributed by atoms with Crippen molar-refractivity contribution < 1.29 is 19.0 Å². The molecule has 0 aliphatic carbocycles. The molecule has 2 heterocycles. The minimum atomic E-state index is -0.206. The van der Waals surface area contributed by atoms with Crippen molar-refractivity contribution >= 4 is 44.3 Å². The van der Waals surface area contributed by atoms with Crippen molar-refractivity contribution in [3.63, 3.8) is 0 Å². The van der Waals surface area contributed by atoms with E-state index in [2.05, 4.69) is 31.2 Å². The Morgan fingerprint density at radius 3 is 2.90 bits per heavy atom. The SMILES string of the molecule is COc1cc2ncnc(Nc3cccc(Br)c3)c2cc1OCCN1CC(=O)O[C@H](C)C1. The van der Waals surface area contributed by atoms with Crippen molar-refractivity contribution in [2.24, 2.45) is 0 Å². The second-order valence-electron chi connectivity index (χ2n) is 7.26. The number of nitrogens with zero attached hydrogens (tertiary/aromatic N) is 3. The Morgan fingerprint density at radius 2 is 2.13 bits per heavy atom. The van der Waals surface area contributed by atoms with E-state index < -0.39 is 0 Å². The molecule has 0 spiro atoms. The van der Waals surface area contributed by atoms with Crippen molar-refractivity contribution in [3.05, 3.63) is 47.2 Å². The Morgan fingerprint density at radius 1 is 1.26 bits per heavy atom. The first kappa shape index (κ1) is 21.3. The molecule has 0 radical (unpaired) electrons. The first-order valence-corrected chi connectivity index (χ1v) is 10.7. The number of hydrogen-bond acceptors (Lipinski definition) is 8. The molecule has 1 aromatic heterocycles. The molecule has 9 heteroatoms. The van der Waals surface area contributed by atoms with E-state index in [0.717, 1.165) is 21.1 Å². The zero-order chi connectivity index (χ0) is 21.8. The van der Waals surface area contributed by atoms with Gasteiger partial charge in [0.05, 0.1) is 19.2 Å². The third-order valence-electron chi connectivity index (χ3n) is 4.87. The number of halogens is 1. The third-order valence-corrected chi connectivity index (χ3v) is 5.37. The normalized spacial score (nSPS) is 16.7. The highest BCUT2D eigenvalue weighted by Gasteiger charge is 2.23. The van der Waals surface area contributed by atoms with Crippen LogP contribution in [0.5, 0.6) is 11.5 Å². The summed E-state index contributed by atoms with van der Waals surface area (Å²) in [7, 11) is 1.60. The fourth-order valence-electron chi connectivity index (χ4n) is 3.50. The number of ether oxygens (including phenoxy) is 3. The monoisotopic (exact) mass is 486 g/mol. The maximum absolute atomic E-state index is 11.6. The van der Waals surface area contributed by atoms with Gasteiger partial charge in [0.15, 0.2) is 11.5 Å². The standard InChI is InChI=1S/C22H23BrN4O4/c1-14-11-27(12-21(28)31-14)6-7-30-20-9-17-18(10-19(20)29-2)24-13-25-22(17)26-16-5-3-4-15(23)8-16/h3-5,8-10,13-14H,6-7,11-12H2,1-2H3,(H,24,25,26)/t14-/m1/s1. The molecule has 1 aliphatic rings. The number of methoxy groups -OCH3 is 1. The fourth-order valence-corrected chi connectivity index (χ4v) is 3.90. The Bertz CT molecular complexity index is 1090. The van der Waals surface area contributed by atoms with E-state index in [1.165, 1.54) is 6.33 Å². The Hall–Kier alpha value is -2.91. The molecule has 31 heavy (non-hydrogen) atoms. The second kappa shape index (κ2) is 9.49. The predicted molar refractivity (Wildman–Crippen MR) is 121 cm³/mol. The number of carbonyl (C=O) groups is 1. The van der Waals surface area contributed by atoms with Crippen LogP contribution in [-0.2, 0) is 9.53 Å². The van der Waals surface area contributed by atoms with Gasteiger partial charge in [-0.25, -0.2) is 9.97 Å². The number of nitrogens with one attached hydrogen (secondary N) is 1. The summed E-state index contributed by atoms with van der Waals surface area (Å²) in [6.45, 7) is 3.87. The molecule has 1 atom stereocenters. The molecule has 1 fully saturated rings. The van der Waals surface area contributed by atoms with E-state index in [1.54, 1.807) is 7.11 Å². The highest BCUT2D eigenvalue weighted by Crippen LogP contribution is 2.35. The van der Waals surface area contributed by atoms with Gasteiger partial charge in [-0.2, -0.15) is 0 Å². The summed E-state index contributed by atoms with van der Waals surface area (Å²) in [6.07, 6.45) is 1.40. The van der Waals surface area contributed by atoms with Crippen LogP contribution in [-0.4, -0.2) is 60.3 Å². The summed E-state index contributed by atoms with van der Waals surface area (Å²) < 4.78 is 17.7. The summed E-state index contributed by atoms with van der Waals surface area (Å²) >= 11 is 3.48. The average molecular weight is 487 g/mol. The van der Waals surface area contributed by atoms with Gasteiger partial charge in [0, 0.05) is 34.7 Å². The van der Waals surface area contributed by atoms with Crippen molar-refractivity contribution in [3.8, 4) is 11.5 Å². The first-order chi connectivity index (χ1) is 15.0. The lowest BCUT2D eigenvalue weighted by Gasteiger charge is -2.29. The van der Waals surface area contributed by atoms with Crippen molar-refractivity contribution in [1.82, 2.24) is 14.9 Å². The number of hydrogen-bond donors (Lipinski definition) is 1. The highest BCUT2D eigenvalue weighted by molar-refractivity contribution is 9.10. The average Bonchev–Trinajstić information content (AvgIpc) is 2.73. The van der Waals surface area contributed by atoms with Gasteiger partial charge in [0.25, 0.3) is 0 Å². The maximum atomic E-state index is 11.6. The molecular formula is C22H23BrN4O4. The van der Waals surface area contributed by atoms with Gasteiger partial charge in [-0.1, -0.05) is 22.0 Å². The molecule has 3 aromatic rings. The molecule has 0 bridgehead atoms. The maximum Gasteiger partial charge on any atom is 0.320 e. The van der Waals surface area contributed by atoms with Gasteiger partial charge in [0.1, 0.15) is 24.9 Å². The smallest absolute Gasteiger partial charge is 0.320 e. The molecular weight excluding hydrogens is 464 g/mol. The lowest BCUT2D eigenvalue weighted by atomic mass is 10.2. The molecule has 2 aromatic carbocycles. The largest absolute Gasteiger partial charge is 0.493 e. The van der Waals surface area contributed by atoms with E-state index in [-0.39, 0.29) is 18.6 Å². The van der Waals surface area contributed by atoms with Gasteiger partial charge >= 0.3 is 5.97 Å². The van der Waals surface area contributed by atoms with E-state index in [1.807, 2.05) is 48.2 Å². The van der Waals surface area contributed by atoms with Crippen LogP contribution in [0.1, 0.15) is 6.92 Å². The molecule has 162 valence electrons. The number of rotatable bonds is 7.